The number of morpholine rings is 1. The van der Waals surface area contributed by atoms with E-state index in [1.54, 1.807) is 24.3 Å². The SMILES string of the molecule is CC1CN(C2=C(c3ccc(Cl)cc3)C(=O)N(CCc3ccc(Cl)cc3)C2=O)CC(C)O1. The Morgan fingerprint density at radius 1 is 0.871 bits per heavy atom. The molecule has 0 aromatic heterocycles. The Hall–Kier alpha value is -2.34. The largest absolute Gasteiger partial charge is 0.372 e. The van der Waals surface area contributed by atoms with Gasteiger partial charge in [0.05, 0.1) is 17.8 Å². The molecule has 0 N–H and O–H groups in total. The third-order valence-electron chi connectivity index (χ3n) is 5.55. The van der Waals surface area contributed by atoms with Gasteiger partial charge in [0.1, 0.15) is 5.70 Å². The minimum atomic E-state index is -0.275. The van der Waals surface area contributed by atoms with Crippen molar-refractivity contribution >= 4 is 40.6 Å². The Balaban J connectivity index is 1.66. The van der Waals surface area contributed by atoms with Gasteiger partial charge in [-0.3, -0.25) is 14.5 Å². The zero-order valence-corrected chi connectivity index (χ0v) is 19.0. The second-order valence-corrected chi connectivity index (χ2v) is 8.90. The van der Waals surface area contributed by atoms with Crippen LogP contribution in [-0.2, 0) is 20.7 Å². The fourth-order valence-electron chi connectivity index (χ4n) is 4.19. The lowest BCUT2D eigenvalue weighted by atomic mass is 10.0. The zero-order valence-electron chi connectivity index (χ0n) is 17.5. The molecule has 2 aromatic carbocycles. The van der Waals surface area contributed by atoms with E-state index in [0.29, 0.717) is 52.9 Å². The molecule has 1 fully saturated rings. The van der Waals surface area contributed by atoms with E-state index in [-0.39, 0.29) is 24.0 Å². The number of nitrogens with zero attached hydrogens (tertiary/aromatic N) is 2. The van der Waals surface area contributed by atoms with E-state index in [4.69, 9.17) is 27.9 Å². The summed E-state index contributed by atoms with van der Waals surface area (Å²) in [5.74, 6) is -0.534. The Kier molecular flexibility index (Phi) is 6.37. The molecule has 0 aliphatic carbocycles. The van der Waals surface area contributed by atoms with Crippen molar-refractivity contribution in [2.45, 2.75) is 32.5 Å². The predicted octanol–water partition coefficient (Wildman–Crippen LogP) is 4.43. The summed E-state index contributed by atoms with van der Waals surface area (Å²) in [4.78, 5) is 30.2. The fraction of sp³-hybridized carbons (Fsp3) is 0.333. The minimum absolute atomic E-state index is 0.0336. The Morgan fingerprint density at radius 3 is 2.00 bits per heavy atom. The molecular weight excluding hydrogens is 435 g/mol. The second-order valence-electron chi connectivity index (χ2n) is 8.03. The van der Waals surface area contributed by atoms with Crippen LogP contribution in [0.5, 0.6) is 0 Å². The van der Waals surface area contributed by atoms with Gasteiger partial charge in [-0.05, 0) is 55.7 Å². The van der Waals surface area contributed by atoms with E-state index >= 15 is 0 Å². The molecule has 0 saturated carbocycles. The van der Waals surface area contributed by atoms with E-state index in [0.717, 1.165) is 5.56 Å². The summed E-state index contributed by atoms with van der Waals surface area (Å²) < 4.78 is 5.83. The van der Waals surface area contributed by atoms with Crippen LogP contribution in [0.15, 0.2) is 54.2 Å². The fourth-order valence-corrected chi connectivity index (χ4v) is 4.44. The molecule has 162 valence electrons. The molecule has 1 saturated heterocycles. The standard InChI is InChI=1S/C24H24Cl2N2O3/c1-15-13-27(14-16(2)31-15)22-21(18-5-9-20(26)10-6-18)23(29)28(24(22)30)12-11-17-3-7-19(25)8-4-17/h3-10,15-16H,11-14H2,1-2H3. The molecular formula is C24H24Cl2N2O3. The highest BCUT2D eigenvalue weighted by atomic mass is 35.5. The van der Waals surface area contributed by atoms with Gasteiger partial charge >= 0.3 is 0 Å². The van der Waals surface area contributed by atoms with Gasteiger partial charge in [0, 0.05) is 29.7 Å². The second kappa shape index (κ2) is 9.03. The molecule has 2 atom stereocenters. The average molecular weight is 459 g/mol. The van der Waals surface area contributed by atoms with Gasteiger partial charge in [0.25, 0.3) is 11.8 Å². The zero-order chi connectivity index (χ0) is 22.1. The van der Waals surface area contributed by atoms with Crippen molar-refractivity contribution in [2.24, 2.45) is 0 Å². The Bertz CT molecular complexity index is 1010. The first kappa shape index (κ1) is 21.9. The maximum atomic E-state index is 13.5. The quantitative estimate of drug-likeness (QED) is 0.621. The minimum Gasteiger partial charge on any atom is -0.372 e. The number of carbonyl (C=O) groups is 2. The van der Waals surface area contributed by atoms with Crippen molar-refractivity contribution in [1.29, 1.82) is 0 Å². The number of amides is 2. The van der Waals surface area contributed by atoms with Crippen LogP contribution >= 0.6 is 23.2 Å². The molecule has 2 unspecified atom stereocenters. The molecule has 4 rings (SSSR count). The highest BCUT2D eigenvalue weighted by Crippen LogP contribution is 2.34. The first-order valence-corrected chi connectivity index (χ1v) is 11.1. The number of imide groups is 1. The van der Waals surface area contributed by atoms with E-state index in [1.807, 2.05) is 43.0 Å². The summed E-state index contributed by atoms with van der Waals surface area (Å²) in [5.41, 5.74) is 2.59. The normalized spacial score (nSPS) is 21.9. The Labute approximate surface area is 192 Å². The summed E-state index contributed by atoms with van der Waals surface area (Å²) in [6.45, 7) is 5.37. The molecule has 0 spiro atoms. The molecule has 31 heavy (non-hydrogen) atoms. The molecule has 5 nitrogen and oxygen atoms in total. The first-order valence-electron chi connectivity index (χ1n) is 10.3. The molecule has 2 aliphatic heterocycles. The third kappa shape index (κ3) is 4.64. The summed E-state index contributed by atoms with van der Waals surface area (Å²) in [7, 11) is 0. The maximum absolute atomic E-state index is 13.5. The van der Waals surface area contributed by atoms with E-state index in [9.17, 15) is 9.59 Å². The van der Waals surface area contributed by atoms with Crippen molar-refractivity contribution in [2.75, 3.05) is 19.6 Å². The number of ether oxygens (including phenoxy) is 1. The van der Waals surface area contributed by atoms with Crippen molar-refractivity contribution in [3.63, 3.8) is 0 Å². The van der Waals surface area contributed by atoms with Crippen molar-refractivity contribution in [3.05, 3.63) is 75.4 Å². The van der Waals surface area contributed by atoms with Gasteiger partial charge in [-0.15, -0.1) is 0 Å². The summed E-state index contributed by atoms with van der Waals surface area (Å²) in [6.07, 6.45) is 0.494. The van der Waals surface area contributed by atoms with Crippen molar-refractivity contribution in [3.8, 4) is 0 Å². The summed E-state index contributed by atoms with van der Waals surface area (Å²) >= 11 is 12.0. The summed E-state index contributed by atoms with van der Waals surface area (Å²) in [5, 5.41) is 1.23. The molecule has 0 radical (unpaired) electrons. The lowest BCUT2D eigenvalue weighted by Gasteiger charge is -2.37. The van der Waals surface area contributed by atoms with Crippen molar-refractivity contribution < 1.29 is 14.3 Å². The molecule has 2 heterocycles. The van der Waals surface area contributed by atoms with Crippen LogP contribution in [-0.4, -0.2) is 53.5 Å². The van der Waals surface area contributed by atoms with Gasteiger partial charge in [-0.25, -0.2) is 0 Å². The summed E-state index contributed by atoms with van der Waals surface area (Å²) in [6, 6.07) is 14.5. The number of halogens is 2. The maximum Gasteiger partial charge on any atom is 0.277 e. The third-order valence-corrected chi connectivity index (χ3v) is 6.05. The van der Waals surface area contributed by atoms with Crippen LogP contribution in [0.25, 0.3) is 5.57 Å². The lowest BCUT2D eigenvalue weighted by molar-refractivity contribution is -0.138. The Morgan fingerprint density at radius 2 is 1.42 bits per heavy atom. The number of hydrogen-bond donors (Lipinski definition) is 0. The molecule has 2 amide bonds. The highest BCUT2D eigenvalue weighted by Gasteiger charge is 2.42. The van der Waals surface area contributed by atoms with Gasteiger partial charge < -0.3 is 9.64 Å². The predicted molar refractivity (Wildman–Crippen MR) is 122 cm³/mol. The number of hydrogen-bond acceptors (Lipinski definition) is 4. The van der Waals surface area contributed by atoms with Gasteiger partial charge in [0.15, 0.2) is 0 Å². The number of carbonyl (C=O) groups excluding carboxylic acids is 2. The van der Waals surface area contributed by atoms with Gasteiger partial charge in [-0.1, -0.05) is 47.5 Å². The molecule has 2 aliphatic rings. The van der Waals surface area contributed by atoms with Crippen LogP contribution in [0.2, 0.25) is 10.0 Å². The van der Waals surface area contributed by atoms with Crippen LogP contribution in [0.1, 0.15) is 25.0 Å². The van der Waals surface area contributed by atoms with Gasteiger partial charge in [0.2, 0.25) is 0 Å². The van der Waals surface area contributed by atoms with E-state index < -0.39 is 0 Å². The monoisotopic (exact) mass is 458 g/mol. The van der Waals surface area contributed by atoms with Crippen LogP contribution in [0.3, 0.4) is 0 Å². The molecule has 2 aromatic rings. The van der Waals surface area contributed by atoms with Crippen molar-refractivity contribution in [1.82, 2.24) is 9.80 Å². The topological polar surface area (TPSA) is 49.9 Å². The smallest absolute Gasteiger partial charge is 0.277 e. The first-order chi connectivity index (χ1) is 14.8. The van der Waals surface area contributed by atoms with E-state index in [2.05, 4.69) is 0 Å². The highest BCUT2D eigenvalue weighted by molar-refractivity contribution is 6.36. The lowest BCUT2D eigenvalue weighted by Crippen LogP contribution is -2.47. The van der Waals surface area contributed by atoms with Crippen LogP contribution in [0, 0.1) is 0 Å². The van der Waals surface area contributed by atoms with E-state index in [1.165, 1.54) is 4.90 Å². The van der Waals surface area contributed by atoms with Gasteiger partial charge in [-0.2, -0.15) is 0 Å². The average Bonchev–Trinajstić information content (AvgIpc) is 2.97. The van der Waals surface area contributed by atoms with Crippen LogP contribution < -0.4 is 0 Å². The molecule has 7 heteroatoms. The number of rotatable bonds is 5. The number of benzene rings is 2. The molecule has 0 bridgehead atoms. The van der Waals surface area contributed by atoms with Crippen LogP contribution in [0.4, 0.5) is 0 Å².